The van der Waals surface area contributed by atoms with Gasteiger partial charge in [0.05, 0.1) is 5.97 Å². The van der Waals surface area contributed by atoms with Crippen molar-refractivity contribution in [3.05, 3.63) is 54.1 Å². The summed E-state index contributed by atoms with van der Waals surface area (Å²) in [7, 11) is 0. The van der Waals surface area contributed by atoms with E-state index in [1.54, 1.807) is 0 Å². The van der Waals surface area contributed by atoms with Gasteiger partial charge in [0.2, 0.25) is 0 Å². The quantitative estimate of drug-likeness (QED) is 0.440. The van der Waals surface area contributed by atoms with Crippen LogP contribution in [0.25, 0.3) is 0 Å². The van der Waals surface area contributed by atoms with Crippen LogP contribution >= 0.6 is 0 Å². The second-order valence-corrected chi connectivity index (χ2v) is 6.70. The van der Waals surface area contributed by atoms with Gasteiger partial charge in [-0.05, 0) is 12.0 Å². The van der Waals surface area contributed by atoms with Gasteiger partial charge in [-0.3, -0.25) is 0 Å². The Bertz CT molecular complexity index is 635. The Kier molecular flexibility index (Phi) is 8.23. The predicted octanol–water partition coefficient (Wildman–Crippen LogP) is 2.87. The molecule has 0 atom stereocenters. The molecule has 0 N–H and O–H groups in total. The van der Waals surface area contributed by atoms with Gasteiger partial charge in [-0.15, -0.1) is 0 Å². The van der Waals surface area contributed by atoms with Crippen molar-refractivity contribution in [3.8, 4) is 0 Å². The molecule has 0 radical (unpaired) electrons. The van der Waals surface area contributed by atoms with Gasteiger partial charge in [-0.2, -0.15) is 0 Å². The number of carboxylic acids is 1. The smallest absolute Gasteiger partial charge is 0.257 e. The lowest BCUT2D eigenvalue weighted by Gasteiger charge is -2.07. The Morgan fingerprint density at radius 3 is 2.40 bits per heavy atom. The van der Waals surface area contributed by atoms with Crippen LogP contribution in [-0.4, -0.2) is 10.5 Å². The van der Waals surface area contributed by atoms with Crippen molar-refractivity contribution in [3.63, 3.8) is 0 Å². The molecule has 0 fully saturated rings. The molecule has 136 valence electrons. The van der Waals surface area contributed by atoms with Crippen molar-refractivity contribution < 1.29 is 14.5 Å². The number of hydrogen-bond donors (Lipinski definition) is 0. The van der Waals surface area contributed by atoms with Crippen molar-refractivity contribution in [1.82, 2.24) is 4.57 Å². The lowest BCUT2D eigenvalue weighted by atomic mass is 10.1. The van der Waals surface area contributed by atoms with Crippen molar-refractivity contribution in [1.29, 1.82) is 0 Å². The van der Waals surface area contributed by atoms with Crippen molar-refractivity contribution in [2.24, 2.45) is 0 Å². The number of carbonyl (C=O) groups is 1. The van der Waals surface area contributed by atoms with Crippen LogP contribution in [0.4, 0.5) is 0 Å². The maximum atomic E-state index is 11.0. The van der Waals surface area contributed by atoms with E-state index in [9.17, 15) is 9.90 Å². The monoisotopic (exact) mass is 342 g/mol. The van der Waals surface area contributed by atoms with Crippen LogP contribution < -0.4 is 9.67 Å². The van der Waals surface area contributed by atoms with Crippen molar-refractivity contribution >= 4 is 5.97 Å². The van der Waals surface area contributed by atoms with E-state index in [1.165, 1.54) is 44.1 Å². The van der Waals surface area contributed by atoms with E-state index in [0.717, 1.165) is 25.2 Å². The first-order valence-corrected chi connectivity index (χ1v) is 9.52. The molecule has 1 aromatic carbocycles. The van der Waals surface area contributed by atoms with Crippen molar-refractivity contribution in [2.75, 3.05) is 0 Å². The molecule has 0 saturated heterocycles. The number of nitrogens with zero attached hydrogens (tertiary/aromatic N) is 2. The van der Waals surface area contributed by atoms with E-state index in [4.69, 9.17) is 0 Å². The lowest BCUT2D eigenvalue weighted by molar-refractivity contribution is -0.695. The number of unbranched alkanes of at least 4 members (excludes halogenated alkanes) is 6. The second-order valence-electron chi connectivity index (χ2n) is 6.70. The molecular weight excluding hydrogens is 312 g/mol. The summed E-state index contributed by atoms with van der Waals surface area (Å²) in [4.78, 5) is 11.0. The lowest BCUT2D eigenvalue weighted by Crippen LogP contribution is -2.39. The number of imidazole rings is 1. The fraction of sp³-hybridized carbons (Fsp3) is 0.524. The summed E-state index contributed by atoms with van der Waals surface area (Å²) < 4.78 is 3.98. The minimum Gasteiger partial charge on any atom is -0.546 e. The third-order valence-corrected chi connectivity index (χ3v) is 4.59. The van der Waals surface area contributed by atoms with Crippen LogP contribution in [0, 0.1) is 0 Å². The number of aliphatic carboxylic acids is 1. The van der Waals surface area contributed by atoms with E-state index in [0.29, 0.717) is 0 Å². The summed E-state index contributed by atoms with van der Waals surface area (Å²) in [6.07, 6.45) is 13.5. The number of carbonyl (C=O) groups excluding carboxylic acids is 1. The summed E-state index contributed by atoms with van der Waals surface area (Å²) >= 11 is 0. The van der Waals surface area contributed by atoms with E-state index >= 15 is 0 Å². The van der Waals surface area contributed by atoms with Gasteiger partial charge in [-0.1, -0.05) is 75.8 Å². The van der Waals surface area contributed by atoms with Crippen LogP contribution in [0.2, 0.25) is 0 Å². The zero-order valence-electron chi connectivity index (χ0n) is 15.3. The van der Waals surface area contributed by atoms with Crippen LogP contribution in [0.3, 0.4) is 0 Å². The number of hydrogen-bond acceptors (Lipinski definition) is 2. The molecule has 4 heteroatoms. The van der Waals surface area contributed by atoms with Gasteiger partial charge in [0.1, 0.15) is 25.5 Å². The highest BCUT2D eigenvalue weighted by atomic mass is 16.4. The molecule has 0 aliphatic carbocycles. The van der Waals surface area contributed by atoms with Crippen LogP contribution in [0.5, 0.6) is 0 Å². The first-order chi connectivity index (χ1) is 12.2. The van der Waals surface area contributed by atoms with Gasteiger partial charge >= 0.3 is 0 Å². The van der Waals surface area contributed by atoms with Gasteiger partial charge in [0.15, 0.2) is 0 Å². The fourth-order valence-electron chi connectivity index (χ4n) is 3.23. The molecule has 0 unspecified atom stereocenters. The highest BCUT2D eigenvalue weighted by molar-refractivity contribution is 5.64. The zero-order chi connectivity index (χ0) is 17.9. The number of aromatic nitrogens is 2. The molecule has 0 bridgehead atoms. The van der Waals surface area contributed by atoms with E-state index in [-0.39, 0.29) is 6.54 Å². The Balaban J connectivity index is 1.95. The minimum absolute atomic E-state index is 0.0758. The Morgan fingerprint density at radius 1 is 1.04 bits per heavy atom. The van der Waals surface area contributed by atoms with Gasteiger partial charge in [0.25, 0.3) is 5.82 Å². The molecule has 0 aliphatic heterocycles. The topological polar surface area (TPSA) is 48.9 Å². The standard InChI is InChI=1S/C21H30N2O2/c1-2-3-4-5-6-7-11-14-20-22(15-16-23(20)18-21(24)25)17-19-12-9-8-10-13-19/h8-10,12-13,15-16H,2-7,11,14,17-18H2,1H3. The fourth-order valence-corrected chi connectivity index (χ4v) is 3.23. The summed E-state index contributed by atoms with van der Waals surface area (Å²) in [5.74, 6) is 0.0323. The Labute approximate surface area is 151 Å². The maximum absolute atomic E-state index is 11.0. The number of carboxylic acid groups (broad SMARTS) is 1. The molecule has 1 aromatic heterocycles. The van der Waals surface area contributed by atoms with Gasteiger partial charge in [0, 0.05) is 6.42 Å². The molecule has 1 heterocycles. The van der Waals surface area contributed by atoms with E-state index < -0.39 is 5.97 Å². The van der Waals surface area contributed by atoms with E-state index in [1.807, 2.05) is 35.2 Å². The SMILES string of the molecule is CCCCCCCCCc1n(CC(=O)[O-])cc[n+]1Cc1ccccc1. The largest absolute Gasteiger partial charge is 0.546 e. The van der Waals surface area contributed by atoms with Crippen LogP contribution in [0.15, 0.2) is 42.7 Å². The molecule has 0 amide bonds. The highest BCUT2D eigenvalue weighted by Crippen LogP contribution is 2.10. The zero-order valence-corrected chi connectivity index (χ0v) is 15.3. The van der Waals surface area contributed by atoms with Crippen LogP contribution in [-0.2, 0) is 24.3 Å². The normalized spacial score (nSPS) is 10.9. The summed E-state index contributed by atoms with van der Waals surface area (Å²) in [5, 5.41) is 11.0. The molecule has 2 aromatic rings. The summed E-state index contributed by atoms with van der Waals surface area (Å²) in [5.41, 5.74) is 1.22. The number of rotatable bonds is 12. The van der Waals surface area contributed by atoms with Crippen molar-refractivity contribution in [2.45, 2.75) is 71.4 Å². The number of benzene rings is 1. The first-order valence-electron chi connectivity index (χ1n) is 9.52. The molecular formula is C21H30N2O2. The molecule has 0 saturated carbocycles. The third-order valence-electron chi connectivity index (χ3n) is 4.59. The third kappa shape index (κ3) is 6.73. The minimum atomic E-state index is -1.04. The van der Waals surface area contributed by atoms with Gasteiger partial charge in [-0.25, -0.2) is 9.13 Å². The first kappa shape index (κ1) is 19.2. The molecule has 4 nitrogen and oxygen atoms in total. The van der Waals surface area contributed by atoms with E-state index in [2.05, 4.69) is 23.6 Å². The molecule has 2 rings (SSSR count). The average Bonchev–Trinajstić information content (AvgIpc) is 2.96. The molecule has 0 aliphatic rings. The molecule has 25 heavy (non-hydrogen) atoms. The molecule has 0 spiro atoms. The summed E-state index contributed by atoms with van der Waals surface area (Å²) in [6, 6.07) is 10.3. The average molecular weight is 342 g/mol. The summed E-state index contributed by atoms with van der Waals surface area (Å²) in [6.45, 7) is 2.93. The predicted molar refractivity (Wildman–Crippen MR) is 96.9 cm³/mol. The van der Waals surface area contributed by atoms with Crippen LogP contribution in [0.1, 0.15) is 63.3 Å². The second kappa shape index (κ2) is 10.7. The Hall–Kier alpha value is -2.10. The highest BCUT2D eigenvalue weighted by Gasteiger charge is 2.17. The Morgan fingerprint density at radius 2 is 1.72 bits per heavy atom. The van der Waals surface area contributed by atoms with Gasteiger partial charge < -0.3 is 9.90 Å². The maximum Gasteiger partial charge on any atom is 0.257 e.